The number of thiazole rings is 1. The number of hydrogen-bond donors (Lipinski definition) is 4. The number of anilines is 2. The molecule has 8 heterocycles. The second-order valence-corrected chi connectivity index (χ2v) is 24.4. The van der Waals surface area contributed by atoms with Gasteiger partial charge in [-0.3, -0.25) is 14.3 Å². The first-order chi connectivity index (χ1) is 37.2. The van der Waals surface area contributed by atoms with E-state index >= 15 is 0 Å². The summed E-state index contributed by atoms with van der Waals surface area (Å²) in [6.07, 6.45) is 13.0. The molecule has 5 aliphatic rings. The molecule has 5 N–H and O–H groups in total. The number of likely N-dealkylation sites (tertiary alicyclic amines) is 3. The summed E-state index contributed by atoms with van der Waals surface area (Å²) >= 11 is 1.60. The number of hydrogen-bond acceptors (Lipinski definition) is 15. The lowest BCUT2D eigenvalue weighted by Crippen LogP contribution is -2.59. The summed E-state index contributed by atoms with van der Waals surface area (Å²) in [6, 6.07) is 18.9. The number of aliphatic hydroxyl groups excluding tert-OH is 1. The number of nitrogen functional groups attached to an aromatic ring is 1. The molecule has 17 nitrogen and oxygen atoms in total. The zero-order valence-corrected chi connectivity index (χ0v) is 46.1. The van der Waals surface area contributed by atoms with Crippen molar-refractivity contribution in [1.29, 1.82) is 0 Å². The Hall–Kier alpha value is -6.21. The van der Waals surface area contributed by atoms with Crippen LogP contribution in [-0.2, 0) is 9.59 Å². The largest absolute Gasteiger partial charge is 0.507 e. The van der Waals surface area contributed by atoms with Crippen LogP contribution in [0.3, 0.4) is 0 Å². The highest BCUT2D eigenvalue weighted by Crippen LogP contribution is 2.51. The Morgan fingerprint density at radius 3 is 2.43 bits per heavy atom. The van der Waals surface area contributed by atoms with E-state index < -0.39 is 18.1 Å². The Bertz CT molecular complexity index is 3010. The maximum Gasteiger partial charge on any atom is 0.243 e. The summed E-state index contributed by atoms with van der Waals surface area (Å²) in [7, 11) is 0. The fourth-order valence-corrected chi connectivity index (χ4v) is 14.3. The van der Waals surface area contributed by atoms with Gasteiger partial charge in [0, 0.05) is 74.1 Å². The number of carbonyl (C=O) groups excluding carboxylic acids is 2. The van der Waals surface area contributed by atoms with E-state index in [0.717, 1.165) is 97.0 Å². The van der Waals surface area contributed by atoms with Crippen LogP contribution in [-0.4, -0.2) is 137 Å². The summed E-state index contributed by atoms with van der Waals surface area (Å²) in [5.41, 5.74) is 14.5. The highest BCUT2D eigenvalue weighted by Gasteiger charge is 2.49. The minimum Gasteiger partial charge on any atom is -0.507 e. The van der Waals surface area contributed by atoms with Crippen LogP contribution in [0.4, 0.5) is 11.6 Å². The number of amides is 2. The monoisotopic (exact) mass is 1060 g/mol. The molecule has 408 valence electrons. The molecule has 77 heavy (non-hydrogen) atoms. The van der Waals surface area contributed by atoms with E-state index in [1.165, 1.54) is 38.8 Å². The number of para-hydroxylation sites is 1. The molecule has 4 aromatic heterocycles. The zero-order chi connectivity index (χ0) is 53.5. The van der Waals surface area contributed by atoms with Crippen LogP contribution in [0.5, 0.6) is 5.75 Å². The number of nitrogens with two attached hydrogens (primary N) is 1. The number of aromatic hydroxyl groups is 1. The van der Waals surface area contributed by atoms with Gasteiger partial charge in [0.25, 0.3) is 0 Å². The number of phenolic OH excluding ortho intramolecular Hbond substituents is 1. The van der Waals surface area contributed by atoms with Gasteiger partial charge in [0.2, 0.25) is 11.8 Å². The van der Waals surface area contributed by atoms with E-state index in [1.807, 2.05) is 87.9 Å². The normalized spacial score (nSPS) is 24.1. The zero-order valence-electron chi connectivity index (χ0n) is 45.3. The Morgan fingerprint density at radius 1 is 0.935 bits per heavy atom. The van der Waals surface area contributed by atoms with Crippen molar-refractivity contribution in [3.8, 4) is 38.6 Å². The number of carbonyl (C=O) groups is 2. The average Bonchev–Trinajstić information content (AvgIpc) is 4.35. The van der Waals surface area contributed by atoms with Crippen LogP contribution >= 0.6 is 11.3 Å². The summed E-state index contributed by atoms with van der Waals surface area (Å²) in [5, 5.41) is 42.1. The molecule has 1 aliphatic carbocycles. The topological polar surface area (TPSA) is 208 Å². The van der Waals surface area contributed by atoms with Crippen molar-refractivity contribution in [1.82, 2.24) is 50.1 Å². The van der Waals surface area contributed by atoms with Gasteiger partial charge in [0.1, 0.15) is 17.7 Å². The number of nitrogens with one attached hydrogen (secondary N) is 1. The van der Waals surface area contributed by atoms with Crippen LogP contribution in [0.15, 0.2) is 83.1 Å². The molecule has 1 saturated carbocycles. The molecule has 5 atom stereocenters. The minimum absolute atomic E-state index is 0.0931. The molecule has 4 aliphatic heterocycles. The molecule has 2 aromatic carbocycles. The molecular formula is C59H76N12O5S. The Labute approximate surface area is 456 Å². The van der Waals surface area contributed by atoms with Gasteiger partial charge in [-0.2, -0.15) is 5.10 Å². The highest BCUT2D eigenvalue weighted by molar-refractivity contribution is 7.13. The van der Waals surface area contributed by atoms with Crippen molar-refractivity contribution < 1.29 is 24.3 Å². The average molecular weight is 1070 g/mol. The SMILES string of the molecule is Cc1ncsc1-c1ccc([C@H](C)NC(=O)[C@@H]2C[C@@H](O)CN2C(=O)[C@@H](c2cc(N3CCC(CN4CCCC5(CC(N6CCC(C(C)n7cc(-c8cc(-c9ccccc9O)nnc8N)cn7)CC6)C5)C4)CC3)no2)C(C)C)cc1. The number of aromatic nitrogens is 6. The predicted molar refractivity (Wildman–Crippen MR) is 299 cm³/mol. The maximum absolute atomic E-state index is 14.4. The first-order valence-electron chi connectivity index (χ1n) is 28.1. The number of aryl methyl sites for hydroxylation is 1. The summed E-state index contributed by atoms with van der Waals surface area (Å²) in [4.78, 5) is 43.2. The first kappa shape index (κ1) is 52.8. The number of benzene rings is 2. The van der Waals surface area contributed by atoms with Gasteiger partial charge in [0.15, 0.2) is 17.4 Å². The molecular weight excluding hydrogens is 989 g/mol. The third-order valence-electron chi connectivity index (χ3n) is 18.0. The van der Waals surface area contributed by atoms with Crippen LogP contribution in [0, 0.1) is 30.1 Å². The first-order valence-corrected chi connectivity index (χ1v) is 29.0. The van der Waals surface area contributed by atoms with Crippen molar-refractivity contribution in [3.63, 3.8) is 0 Å². The van der Waals surface area contributed by atoms with Gasteiger partial charge in [-0.15, -0.1) is 21.5 Å². The van der Waals surface area contributed by atoms with E-state index in [1.54, 1.807) is 28.4 Å². The number of aliphatic hydroxyl groups is 1. The quantitative estimate of drug-likeness (QED) is 0.0759. The van der Waals surface area contributed by atoms with Gasteiger partial charge in [0.05, 0.1) is 46.2 Å². The van der Waals surface area contributed by atoms with Gasteiger partial charge >= 0.3 is 0 Å². The van der Waals surface area contributed by atoms with E-state index in [-0.39, 0.29) is 48.5 Å². The summed E-state index contributed by atoms with van der Waals surface area (Å²) < 4.78 is 8.07. The molecule has 18 heteroatoms. The second kappa shape index (κ2) is 22.3. The van der Waals surface area contributed by atoms with Gasteiger partial charge in [-0.25, -0.2) is 4.98 Å². The van der Waals surface area contributed by atoms with Gasteiger partial charge in [-0.1, -0.05) is 55.4 Å². The van der Waals surface area contributed by atoms with Crippen molar-refractivity contribution in [2.24, 2.45) is 23.2 Å². The van der Waals surface area contributed by atoms with Crippen molar-refractivity contribution in [3.05, 3.63) is 95.6 Å². The van der Waals surface area contributed by atoms with Crippen molar-refractivity contribution >= 4 is 34.8 Å². The standard InChI is InChI=1S/C59H76N12O5S/c1-36(2)54(58(75)70-33-46(72)25-50(70)57(74)63-37(3)41-11-13-43(14-12-41)55-38(4)61-35-77-55)52-27-53(66-76-52)69-21-15-40(16-22-69)31-67-20-8-19-59(34-67)28-45(29-59)68-23-17-42(18-24-68)39(5)71-32-44(30-62-71)48-26-49(64-65-56(48)60)47-9-6-7-10-51(47)73/h6-7,9-14,26-27,30,32,35-37,39-40,42,45-46,50,54,72-73H,8,15-25,28-29,31,33-34H2,1-5H3,(H2,60,65)(H,63,74)/t37-,39?,45?,46+,50-,54+,59?/m0/s1. The van der Waals surface area contributed by atoms with E-state index in [2.05, 4.69) is 58.2 Å². The van der Waals surface area contributed by atoms with E-state index in [0.29, 0.717) is 46.1 Å². The smallest absolute Gasteiger partial charge is 0.243 e. The lowest BCUT2D eigenvalue weighted by Gasteiger charge is -2.57. The third-order valence-corrected chi connectivity index (χ3v) is 19.0. The molecule has 2 amide bonds. The number of piperidine rings is 3. The maximum atomic E-state index is 14.4. The highest BCUT2D eigenvalue weighted by atomic mass is 32.1. The van der Waals surface area contributed by atoms with Crippen LogP contribution in [0.2, 0.25) is 0 Å². The second-order valence-electron chi connectivity index (χ2n) is 23.5. The fraction of sp³-hybridized carbons (Fsp3) is 0.542. The lowest BCUT2D eigenvalue weighted by molar-refractivity contribution is -0.141. The third kappa shape index (κ3) is 11.1. The van der Waals surface area contributed by atoms with E-state index in [4.69, 9.17) is 15.4 Å². The molecule has 1 unspecified atom stereocenters. The molecule has 0 bridgehead atoms. The summed E-state index contributed by atoms with van der Waals surface area (Å²) in [5.74, 6) is 1.65. The minimum atomic E-state index is -0.796. The Kier molecular flexibility index (Phi) is 15.3. The van der Waals surface area contributed by atoms with Crippen molar-refractivity contribution in [2.75, 3.05) is 63.0 Å². The number of β-amino-alcohol motifs (C(OH)–C–C–N with tert-alkyl or cyclic N) is 1. The summed E-state index contributed by atoms with van der Waals surface area (Å²) in [6.45, 7) is 17.9. The lowest BCUT2D eigenvalue weighted by atomic mass is 9.60. The number of rotatable bonds is 15. The molecule has 6 aromatic rings. The van der Waals surface area contributed by atoms with Crippen LogP contribution in [0.25, 0.3) is 32.8 Å². The number of nitrogens with zero attached hydrogens (tertiary/aromatic N) is 10. The molecule has 1 spiro atoms. The number of phenols is 1. The van der Waals surface area contributed by atoms with Crippen LogP contribution in [0.1, 0.15) is 121 Å². The van der Waals surface area contributed by atoms with Crippen molar-refractivity contribution in [2.45, 2.75) is 129 Å². The predicted octanol–water partition coefficient (Wildman–Crippen LogP) is 8.73. The van der Waals surface area contributed by atoms with Gasteiger partial charge < -0.3 is 45.4 Å². The molecule has 0 radical (unpaired) electrons. The Balaban J connectivity index is 0.628. The fourth-order valence-electron chi connectivity index (χ4n) is 13.5. The van der Waals surface area contributed by atoms with E-state index in [9.17, 15) is 19.8 Å². The molecule has 4 saturated heterocycles. The Morgan fingerprint density at radius 2 is 1.70 bits per heavy atom. The van der Waals surface area contributed by atoms with Gasteiger partial charge in [-0.05, 0) is 144 Å². The molecule has 11 rings (SSSR count). The van der Waals surface area contributed by atoms with Crippen LogP contribution < -0.4 is 16.0 Å². The molecule has 5 fully saturated rings.